The second kappa shape index (κ2) is 19.3. The molecule has 0 radical (unpaired) electrons. The summed E-state index contributed by atoms with van der Waals surface area (Å²) in [6.07, 6.45) is 0. The van der Waals surface area contributed by atoms with E-state index in [1.165, 1.54) is 31.8 Å². The summed E-state index contributed by atoms with van der Waals surface area (Å²) in [7, 11) is 2.33. The van der Waals surface area contributed by atoms with Crippen LogP contribution in [0.5, 0.6) is 0 Å². The molecule has 6 rings (SSSR count). The molecule has 4 heteroatoms. The Morgan fingerprint density at radius 1 is 0.200 bits per heavy atom. The van der Waals surface area contributed by atoms with Crippen molar-refractivity contribution < 1.29 is 19.5 Å². The molecule has 0 amide bonds. The van der Waals surface area contributed by atoms with E-state index in [1.807, 2.05) is 0 Å². The van der Waals surface area contributed by atoms with E-state index in [0.29, 0.717) is 0 Å². The SMILES string of the molecule is [Ru].c1ccc(Pc2ccccc2)cc1.c1ccc(Pc2ccccc2)cc1.c1ccc(Pc2ccccc2)cc1. The maximum Gasteiger partial charge on any atom is 0 e. The fourth-order valence-electron chi connectivity index (χ4n) is 3.63. The third-order valence-electron chi connectivity index (χ3n) is 5.51. The molecule has 6 aromatic carbocycles. The van der Waals surface area contributed by atoms with Gasteiger partial charge in [-0.3, -0.25) is 0 Å². The molecule has 0 bridgehead atoms. The van der Waals surface area contributed by atoms with Crippen molar-refractivity contribution in [1.29, 1.82) is 0 Å². The Labute approximate surface area is 257 Å². The van der Waals surface area contributed by atoms with Gasteiger partial charge in [0.05, 0.1) is 0 Å². The van der Waals surface area contributed by atoms with Crippen molar-refractivity contribution in [2.75, 3.05) is 0 Å². The van der Waals surface area contributed by atoms with Crippen LogP contribution in [-0.2, 0) is 19.5 Å². The van der Waals surface area contributed by atoms with Crippen LogP contribution in [0.1, 0.15) is 0 Å². The van der Waals surface area contributed by atoms with Gasteiger partial charge in [0.15, 0.2) is 0 Å². The van der Waals surface area contributed by atoms with E-state index in [2.05, 4.69) is 182 Å². The molecule has 0 N–H and O–H groups in total. The molecule has 0 saturated carbocycles. The summed E-state index contributed by atoms with van der Waals surface area (Å²) >= 11 is 0. The summed E-state index contributed by atoms with van der Waals surface area (Å²) in [6, 6.07) is 63.5. The van der Waals surface area contributed by atoms with E-state index < -0.39 is 0 Å². The summed E-state index contributed by atoms with van der Waals surface area (Å²) in [5.41, 5.74) is 0. The van der Waals surface area contributed by atoms with Crippen LogP contribution >= 0.6 is 25.7 Å². The zero-order chi connectivity index (χ0) is 26.8. The van der Waals surface area contributed by atoms with Gasteiger partial charge in [0.1, 0.15) is 0 Å². The van der Waals surface area contributed by atoms with E-state index in [4.69, 9.17) is 0 Å². The molecule has 200 valence electrons. The second-order valence-corrected chi connectivity index (χ2v) is 12.8. The number of rotatable bonds is 6. The van der Waals surface area contributed by atoms with Crippen LogP contribution < -0.4 is 31.8 Å². The van der Waals surface area contributed by atoms with E-state index in [-0.39, 0.29) is 19.5 Å². The third-order valence-corrected chi connectivity index (χ3v) is 9.24. The van der Waals surface area contributed by atoms with Gasteiger partial charge in [-0.2, -0.15) is 0 Å². The minimum Gasteiger partial charge on any atom is -0.0622 e. The first-order chi connectivity index (χ1) is 19.3. The topological polar surface area (TPSA) is 0 Å². The summed E-state index contributed by atoms with van der Waals surface area (Å²) in [4.78, 5) is 0. The average molecular weight is 660 g/mol. The standard InChI is InChI=1S/3C12H11P.Ru/c3*1-3-7-11(8-4-1)13-12-9-5-2-6-10-12;/h3*1-10,13H;. The van der Waals surface area contributed by atoms with Crippen LogP contribution in [0.3, 0.4) is 0 Å². The molecule has 0 unspecified atom stereocenters. The van der Waals surface area contributed by atoms with Crippen molar-refractivity contribution in [3.8, 4) is 0 Å². The van der Waals surface area contributed by atoms with Gasteiger partial charge in [-0.15, -0.1) is 0 Å². The van der Waals surface area contributed by atoms with E-state index in [1.54, 1.807) is 0 Å². The van der Waals surface area contributed by atoms with Gasteiger partial charge >= 0.3 is 0 Å². The molecular formula is C36H33P3Ru. The molecule has 0 nitrogen and oxygen atoms in total. The van der Waals surface area contributed by atoms with Crippen LogP contribution in [-0.4, -0.2) is 0 Å². The minimum absolute atomic E-state index is 0. The Morgan fingerprint density at radius 2 is 0.325 bits per heavy atom. The van der Waals surface area contributed by atoms with Crippen LogP contribution in [0.25, 0.3) is 0 Å². The number of benzene rings is 6. The molecule has 0 saturated heterocycles. The summed E-state index contributed by atoms with van der Waals surface area (Å²) in [5.74, 6) is 0. The number of hydrogen-bond donors (Lipinski definition) is 0. The molecule has 0 aliphatic carbocycles. The Kier molecular flexibility index (Phi) is 15.3. The predicted octanol–water partition coefficient (Wildman–Crippen LogP) is 6.95. The van der Waals surface area contributed by atoms with E-state index in [0.717, 1.165) is 25.7 Å². The molecule has 40 heavy (non-hydrogen) atoms. The van der Waals surface area contributed by atoms with Gasteiger partial charge in [0.2, 0.25) is 0 Å². The Bertz CT molecular complexity index is 1140. The Balaban J connectivity index is 0.000000163. The van der Waals surface area contributed by atoms with E-state index in [9.17, 15) is 0 Å². The van der Waals surface area contributed by atoms with Gasteiger partial charge in [-0.1, -0.05) is 208 Å². The first-order valence-corrected chi connectivity index (χ1v) is 16.0. The fraction of sp³-hybridized carbons (Fsp3) is 0. The van der Waals surface area contributed by atoms with Crippen molar-refractivity contribution in [3.05, 3.63) is 182 Å². The molecule has 6 aromatic rings. The summed E-state index contributed by atoms with van der Waals surface area (Å²) in [5, 5.41) is 8.38. The van der Waals surface area contributed by atoms with Crippen molar-refractivity contribution in [2.24, 2.45) is 0 Å². The second-order valence-electron chi connectivity index (χ2n) is 8.57. The summed E-state index contributed by atoms with van der Waals surface area (Å²) in [6.45, 7) is 0. The monoisotopic (exact) mass is 660 g/mol. The van der Waals surface area contributed by atoms with E-state index >= 15 is 0 Å². The third kappa shape index (κ3) is 12.6. The first-order valence-electron chi connectivity index (χ1n) is 13.0. The maximum atomic E-state index is 2.17. The molecule has 0 heterocycles. The Morgan fingerprint density at radius 3 is 0.450 bits per heavy atom. The van der Waals surface area contributed by atoms with Gasteiger partial charge in [0, 0.05) is 19.5 Å². The van der Waals surface area contributed by atoms with Crippen LogP contribution in [0.4, 0.5) is 0 Å². The molecular weight excluding hydrogens is 626 g/mol. The van der Waals surface area contributed by atoms with Crippen LogP contribution in [0.2, 0.25) is 0 Å². The maximum absolute atomic E-state index is 2.17. The smallest absolute Gasteiger partial charge is 0 e. The van der Waals surface area contributed by atoms with Crippen molar-refractivity contribution in [1.82, 2.24) is 0 Å². The number of hydrogen-bond acceptors (Lipinski definition) is 0. The Hall–Kier alpha value is -2.77. The zero-order valence-electron chi connectivity index (χ0n) is 22.2. The first kappa shape index (κ1) is 31.8. The molecule has 0 spiro atoms. The minimum atomic E-state index is 0. The van der Waals surface area contributed by atoms with Gasteiger partial charge in [-0.05, 0) is 31.8 Å². The van der Waals surface area contributed by atoms with Gasteiger partial charge in [-0.25, -0.2) is 0 Å². The van der Waals surface area contributed by atoms with Crippen molar-refractivity contribution in [3.63, 3.8) is 0 Å². The van der Waals surface area contributed by atoms with Crippen molar-refractivity contribution in [2.45, 2.75) is 0 Å². The van der Waals surface area contributed by atoms with Crippen LogP contribution in [0.15, 0.2) is 182 Å². The fourth-order valence-corrected chi connectivity index (χ4v) is 6.78. The van der Waals surface area contributed by atoms with Crippen LogP contribution in [0, 0.1) is 0 Å². The quantitative estimate of drug-likeness (QED) is 0.134. The largest absolute Gasteiger partial charge is 0.0622 e. The average Bonchev–Trinajstić information content (AvgIpc) is 3.01. The molecule has 0 atom stereocenters. The molecule has 0 aliphatic heterocycles. The normalized spacial score (nSPS) is 9.60. The van der Waals surface area contributed by atoms with Gasteiger partial charge < -0.3 is 0 Å². The van der Waals surface area contributed by atoms with Gasteiger partial charge in [0.25, 0.3) is 0 Å². The predicted molar refractivity (Wildman–Crippen MR) is 181 cm³/mol. The zero-order valence-corrected chi connectivity index (χ0v) is 26.9. The molecule has 0 aliphatic rings. The van der Waals surface area contributed by atoms with Crippen molar-refractivity contribution >= 4 is 57.6 Å². The summed E-state index contributed by atoms with van der Waals surface area (Å²) < 4.78 is 0. The molecule has 0 aromatic heterocycles. The molecule has 0 fully saturated rings.